The van der Waals surface area contributed by atoms with Crippen LogP contribution in [-0.2, 0) is 6.42 Å². The Morgan fingerprint density at radius 2 is 2.21 bits per heavy atom. The molecule has 1 saturated carbocycles. The molecule has 1 aliphatic rings. The number of aryl methyl sites for hydroxylation is 1. The third kappa shape index (κ3) is 4.68. The number of halogens is 1. The molecule has 1 aromatic rings. The van der Waals surface area contributed by atoms with E-state index in [0.29, 0.717) is 12.6 Å². The van der Waals surface area contributed by atoms with Crippen molar-refractivity contribution in [3.63, 3.8) is 0 Å². The Labute approximate surface area is 119 Å². The van der Waals surface area contributed by atoms with Crippen LogP contribution < -0.4 is 10.1 Å². The summed E-state index contributed by atoms with van der Waals surface area (Å²) in [6, 6.07) is 6.21. The summed E-state index contributed by atoms with van der Waals surface area (Å²) < 4.78 is 5.67. The molecule has 19 heavy (non-hydrogen) atoms. The molecule has 1 unspecified atom stereocenters. The van der Waals surface area contributed by atoms with Crippen LogP contribution in [0.15, 0.2) is 18.2 Å². The van der Waals surface area contributed by atoms with Crippen LogP contribution in [0.1, 0.15) is 32.3 Å². The van der Waals surface area contributed by atoms with E-state index in [-0.39, 0.29) is 6.61 Å². The second kappa shape index (κ2) is 6.12. The van der Waals surface area contributed by atoms with E-state index >= 15 is 0 Å². The number of benzene rings is 1. The average molecular weight is 284 g/mol. The van der Waals surface area contributed by atoms with E-state index in [2.05, 4.69) is 12.2 Å². The monoisotopic (exact) mass is 283 g/mol. The first-order valence-corrected chi connectivity index (χ1v) is 7.25. The van der Waals surface area contributed by atoms with E-state index in [9.17, 15) is 5.11 Å². The van der Waals surface area contributed by atoms with Gasteiger partial charge in [0.05, 0.1) is 0 Å². The van der Waals surface area contributed by atoms with Crippen LogP contribution in [-0.4, -0.2) is 29.9 Å². The van der Waals surface area contributed by atoms with Crippen LogP contribution >= 0.6 is 11.6 Å². The maximum absolute atomic E-state index is 10.2. The molecule has 0 heterocycles. The molecule has 2 N–H and O–H groups in total. The van der Waals surface area contributed by atoms with Gasteiger partial charge in [0.15, 0.2) is 0 Å². The predicted octanol–water partition coefficient (Wildman–Crippen LogP) is 2.78. The highest BCUT2D eigenvalue weighted by Crippen LogP contribution is 2.23. The van der Waals surface area contributed by atoms with Gasteiger partial charge in [-0.1, -0.05) is 18.5 Å². The zero-order valence-corrected chi connectivity index (χ0v) is 12.3. The molecule has 0 aliphatic heterocycles. The fourth-order valence-corrected chi connectivity index (χ4v) is 2.10. The molecule has 0 bridgehead atoms. The van der Waals surface area contributed by atoms with Gasteiger partial charge in [0, 0.05) is 17.6 Å². The van der Waals surface area contributed by atoms with Crippen LogP contribution in [0.25, 0.3) is 0 Å². The van der Waals surface area contributed by atoms with Gasteiger partial charge in [-0.3, -0.25) is 0 Å². The Balaban J connectivity index is 1.85. The van der Waals surface area contributed by atoms with Crippen molar-refractivity contribution in [1.82, 2.24) is 5.32 Å². The minimum atomic E-state index is -0.853. The molecule has 106 valence electrons. The molecule has 1 aromatic carbocycles. The lowest BCUT2D eigenvalue weighted by Crippen LogP contribution is -2.43. The topological polar surface area (TPSA) is 41.5 Å². The summed E-state index contributed by atoms with van der Waals surface area (Å²) >= 11 is 6.06. The highest BCUT2D eigenvalue weighted by atomic mass is 35.5. The highest BCUT2D eigenvalue weighted by molar-refractivity contribution is 6.31. The second-order valence-corrected chi connectivity index (χ2v) is 5.95. The Hall–Kier alpha value is -0.770. The molecule has 0 amide bonds. The zero-order chi connectivity index (χ0) is 13.9. The number of aliphatic hydroxyl groups is 1. The first kappa shape index (κ1) is 14.6. The largest absolute Gasteiger partial charge is 0.491 e. The minimum absolute atomic E-state index is 0.275. The van der Waals surface area contributed by atoms with Gasteiger partial charge in [-0.05, 0) is 49.9 Å². The van der Waals surface area contributed by atoms with Crippen LogP contribution in [0.3, 0.4) is 0 Å². The van der Waals surface area contributed by atoms with Gasteiger partial charge in [0.2, 0.25) is 0 Å². The predicted molar refractivity (Wildman–Crippen MR) is 78.0 cm³/mol. The molecule has 1 fully saturated rings. The summed E-state index contributed by atoms with van der Waals surface area (Å²) in [4.78, 5) is 0. The number of hydrogen-bond donors (Lipinski definition) is 2. The lowest BCUT2D eigenvalue weighted by Gasteiger charge is -2.24. The van der Waals surface area contributed by atoms with Crippen molar-refractivity contribution in [3.8, 4) is 5.75 Å². The van der Waals surface area contributed by atoms with Crippen LogP contribution in [0.2, 0.25) is 5.02 Å². The van der Waals surface area contributed by atoms with Crippen LogP contribution in [0.4, 0.5) is 0 Å². The van der Waals surface area contributed by atoms with E-state index in [1.54, 1.807) is 6.92 Å². The third-order valence-corrected chi connectivity index (χ3v) is 3.67. The van der Waals surface area contributed by atoms with Gasteiger partial charge < -0.3 is 15.2 Å². The van der Waals surface area contributed by atoms with Gasteiger partial charge in [0.25, 0.3) is 0 Å². The van der Waals surface area contributed by atoms with Crippen molar-refractivity contribution < 1.29 is 9.84 Å². The van der Waals surface area contributed by atoms with E-state index in [1.807, 2.05) is 18.2 Å². The Morgan fingerprint density at radius 1 is 1.47 bits per heavy atom. The second-order valence-electron chi connectivity index (χ2n) is 5.55. The quantitative estimate of drug-likeness (QED) is 0.808. The molecule has 1 aliphatic carbocycles. The fraction of sp³-hybridized carbons (Fsp3) is 0.600. The molecule has 4 heteroatoms. The van der Waals surface area contributed by atoms with E-state index in [0.717, 1.165) is 22.8 Å². The number of nitrogens with one attached hydrogen (secondary N) is 1. The first-order chi connectivity index (χ1) is 9.00. The number of rotatable bonds is 7. The molecular formula is C15H22ClNO2. The van der Waals surface area contributed by atoms with Crippen molar-refractivity contribution in [2.24, 2.45) is 0 Å². The smallest absolute Gasteiger partial charge is 0.119 e. The van der Waals surface area contributed by atoms with E-state index in [1.165, 1.54) is 12.8 Å². The summed E-state index contributed by atoms with van der Waals surface area (Å²) in [5, 5.41) is 14.3. The Kier molecular flexibility index (Phi) is 4.71. The van der Waals surface area contributed by atoms with E-state index in [4.69, 9.17) is 16.3 Å². The molecular weight excluding hydrogens is 262 g/mol. The summed E-state index contributed by atoms with van der Waals surface area (Å²) in [5.41, 5.74) is 0.212. The van der Waals surface area contributed by atoms with Crippen molar-refractivity contribution in [2.45, 2.75) is 44.8 Å². The fourth-order valence-electron chi connectivity index (χ4n) is 1.85. The third-order valence-electron chi connectivity index (χ3n) is 3.30. The molecule has 2 rings (SSSR count). The molecule has 0 aromatic heterocycles. The Morgan fingerprint density at radius 3 is 2.84 bits per heavy atom. The molecule has 0 radical (unpaired) electrons. The maximum Gasteiger partial charge on any atom is 0.119 e. The van der Waals surface area contributed by atoms with Crippen LogP contribution in [0.5, 0.6) is 5.75 Å². The molecule has 0 spiro atoms. The molecule has 1 atom stereocenters. The standard InChI is InChI=1S/C15H22ClNO2/c1-3-11-8-13(6-7-14(11)16)19-10-15(2,18)9-17-12-4-5-12/h6-8,12,17-18H,3-5,9-10H2,1-2H3. The van der Waals surface area contributed by atoms with E-state index < -0.39 is 5.60 Å². The number of hydrogen-bond acceptors (Lipinski definition) is 3. The number of ether oxygens (including phenoxy) is 1. The SMILES string of the molecule is CCc1cc(OCC(C)(O)CNC2CC2)ccc1Cl. The van der Waals surface area contributed by atoms with Crippen molar-refractivity contribution >= 4 is 11.6 Å². The minimum Gasteiger partial charge on any atom is -0.491 e. The van der Waals surface area contributed by atoms with Gasteiger partial charge in [-0.2, -0.15) is 0 Å². The van der Waals surface area contributed by atoms with Gasteiger partial charge >= 0.3 is 0 Å². The normalized spacial score (nSPS) is 18.1. The lowest BCUT2D eigenvalue weighted by atomic mass is 10.1. The summed E-state index contributed by atoms with van der Waals surface area (Å²) in [7, 11) is 0. The van der Waals surface area contributed by atoms with Crippen molar-refractivity contribution in [1.29, 1.82) is 0 Å². The Bertz CT molecular complexity index is 430. The summed E-state index contributed by atoms with van der Waals surface area (Å²) in [6.07, 6.45) is 3.30. The molecule has 3 nitrogen and oxygen atoms in total. The summed E-state index contributed by atoms with van der Waals surface area (Å²) in [6.45, 7) is 4.68. The lowest BCUT2D eigenvalue weighted by molar-refractivity contribution is 0.0120. The van der Waals surface area contributed by atoms with Crippen LogP contribution in [0, 0.1) is 0 Å². The van der Waals surface area contributed by atoms with Gasteiger partial charge in [-0.25, -0.2) is 0 Å². The first-order valence-electron chi connectivity index (χ1n) is 6.87. The summed E-state index contributed by atoms with van der Waals surface area (Å²) in [5.74, 6) is 0.757. The van der Waals surface area contributed by atoms with Gasteiger partial charge in [-0.15, -0.1) is 0 Å². The average Bonchev–Trinajstić information content (AvgIpc) is 3.20. The maximum atomic E-state index is 10.2. The zero-order valence-electron chi connectivity index (χ0n) is 11.6. The van der Waals surface area contributed by atoms with Gasteiger partial charge in [0.1, 0.15) is 18.0 Å². The van der Waals surface area contributed by atoms with Crippen molar-refractivity contribution in [3.05, 3.63) is 28.8 Å². The van der Waals surface area contributed by atoms with Crippen molar-refractivity contribution in [2.75, 3.05) is 13.2 Å². The molecule has 0 saturated heterocycles. The highest BCUT2D eigenvalue weighted by Gasteiger charge is 2.27.